The van der Waals surface area contributed by atoms with Gasteiger partial charge in [-0.1, -0.05) is 54.6 Å². The van der Waals surface area contributed by atoms with Crippen LogP contribution in [0.15, 0.2) is 83.4 Å². The number of nitrogens with one attached hydrogen (secondary N) is 1. The summed E-state index contributed by atoms with van der Waals surface area (Å²) >= 11 is 1.30. The number of aromatic nitrogens is 4. The number of halogens is 2. The Hall–Kier alpha value is -3.92. The Balaban J connectivity index is 1.30. The van der Waals surface area contributed by atoms with Crippen molar-refractivity contribution in [1.82, 2.24) is 24.8 Å². The van der Waals surface area contributed by atoms with Gasteiger partial charge in [-0.3, -0.25) is 9.59 Å². The maximum absolute atomic E-state index is 13.7. The zero-order chi connectivity index (χ0) is 28.9. The highest BCUT2D eigenvalue weighted by atomic mass is 32.2. The topological polar surface area (TPSA) is 89.8 Å². The predicted octanol–water partition coefficient (Wildman–Crippen LogP) is 5.50. The van der Waals surface area contributed by atoms with E-state index >= 15 is 0 Å². The number of rotatable bonds is 15. The van der Waals surface area contributed by atoms with Crippen molar-refractivity contribution in [2.24, 2.45) is 0 Å². The number of benzene rings is 2. The standard InChI is InChI=1S/C31H33F2N5O2S/c32-27-13-12-24(17-28(27)33)21-41-31-37-30(40)26(16-25-18-34-22-35-19-25)20-38(31)15-6-2-5-11-29(39)36-14-7-10-23-8-3-1-4-9-23/h1,3-4,8-9,12-13,17-20,22H,2,5-7,10-11,14-16,21H2,(H,36,39). The van der Waals surface area contributed by atoms with Crippen molar-refractivity contribution in [3.05, 3.63) is 118 Å². The van der Waals surface area contributed by atoms with E-state index in [4.69, 9.17) is 0 Å². The maximum Gasteiger partial charge on any atom is 0.277 e. The Kier molecular flexibility index (Phi) is 11.5. The Morgan fingerprint density at radius 2 is 1.71 bits per heavy atom. The molecule has 4 aromatic rings. The number of hydrogen-bond donors (Lipinski definition) is 1. The van der Waals surface area contributed by atoms with Crippen LogP contribution in [0.5, 0.6) is 0 Å². The van der Waals surface area contributed by atoms with Crippen LogP contribution in [0.25, 0.3) is 0 Å². The van der Waals surface area contributed by atoms with Crippen LogP contribution >= 0.6 is 11.8 Å². The molecule has 0 fully saturated rings. The third-order valence-electron chi connectivity index (χ3n) is 6.50. The second-order valence-corrected chi connectivity index (χ2v) is 10.7. The van der Waals surface area contributed by atoms with Crippen LogP contribution < -0.4 is 10.9 Å². The van der Waals surface area contributed by atoms with E-state index in [1.54, 1.807) is 18.6 Å². The SMILES string of the molecule is O=C(CCCCCn1cc(Cc2cncnc2)c(=O)nc1SCc1ccc(F)c(F)c1)NCCCc1ccccc1. The predicted molar refractivity (Wildman–Crippen MR) is 155 cm³/mol. The van der Waals surface area contributed by atoms with Gasteiger partial charge in [-0.2, -0.15) is 4.98 Å². The van der Waals surface area contributed by atoms with E-state index in [1.807, 2.05) is 22.8 Å². The van der Waals surface area contributed by atoms with Gasteiger partial charge < -0.3 is 9.88 Å². The van der Waals surface area contributed by atoms with Crippen molar-refractivity contribution in [1.29, 1.82) is 0 Å². The second-order valence-electron chi connectivity index (χ2n) is 9.76. The average Bonchev–Trinajstić information content (AvgIpc) is 2.98. The molecule has 0 bridgehead atoms. The molecule has 10 heteroatoms. The van der Waals surface area contributed by atoms with Gasteiger partial charge in [0.15, 0.2) is 16.8 Å². The summed E-state index contributed by atoms with van der Waals surface area (Å²) in [5.74, 6) is -1.42. The van der Waals surface area contributed by atoms with Gasteiger partial charge in [-0.15, -0.1) is 0 Å². The quantitative estimate of drug-likeness (QED) is 0.114. The minimum Gasteiger partial charge on any atom is -0.356 e. The zero-order valence-corrected chi connectivity index (χ0v) is 23.6. The molecular formula is C31H33F2N5O2S. The van der Waals surface area contributed by atoms with Gasteiger partial charge in [0.25, 0.3) is 5.56 Å². The van der Waals surface area contributed by atoms with E-state index in [9.17, 15) is 18.4 Å². The van der Waals surface area contributed by atoms with E-state index in [-0.39, 0.29) is 11.5 Å². The lowest BCUT2D eigenvalue weighted by atomic mass is 10.1. The first-order valence-electron chi connectivity index (χ1n) is 13.7. The lowest BCUT2D eigenvalue weighted by Gasteiger charge is -2.14. The van der Waals surface area contributed by atoms with Crippen LogP contribution in [0.2, 0.25) is 0 Å². The number of amides is 1. The maximum atomic E-state index is 13.7. The summed E-state index contributed by atoms with van der Waals surface area (Å²) in [4.78, 5) is 37.4. The van der Waals surface area contributed by atoms with E-state index in [0.717, 1.165) is 49.8 Å². The third-order valence-corrected chi connectivity index (χ3v) is 7.56. The smallest absolute Gasteiger partial charge is 0.277 e. The monoisotopic (exact) mass is 577 g/mol. The van der Waals surface area contributed by atoms with Crippen molar-refractivity contribution < 1.29 is 13.6 Å². The molecule has 1 amide bonds. The molecule has 2 aromatic heterocycles. The molecule has 0 unspecified atom stereocenters. The summed E-state index contributed by atoms with van der Waals surface area (Å²) in [5.41, 5.74) is 2.83. The van der Waals surface area contributed by atoms with Crippen LogP contribution in [-0.4, -0.2) is 32.0 Å². The number of carbonyl (C=O) groups is 1. The molecule has 0 radical (unpaired) electrons. The Morgan fingerprint density at radius 1 is 0.902 bits per heavy atom. The number of carbonyl (C=O) groups excluding carboxylic acids is 1. The molecular weight excluding hydrogens is 544 g/mol. The lowest BCUT2D eigenvalue weighted by Crippen LogP contribution is -2.24. The Labute approximate surface area is 242 Å². The Bertz CT molecular complexity index is 1470. The van der Waals surface area contributed by atoms with Crippen LogP contribution in [0, 0.1) is 11.6 Å². The van der Waals surface area contributed by atoms with E-state index < -0.39 is 11.6 Å². The van der Waals surface area contributed by atoms with Crippen LogP contribution in [0.4, 0.5) is 8.78 Å². The summed E-state index contributed by atoms with van der Waals surface area (Å²) < 4.78 is 28.9. The van der Waals surface area contributed by atoms with Crippen molar-refractivity contribution >= 4 is 17.7 Å². The lowest BCUT2D eigenvalue weighted by molar-refractivity contribution is -0.121. The second kappa shape index (κ2) is 15.8. The first-order valence-corrected chi connectivity index (χ1v) is 14.7. The summed E-state index contributed by atoms with van der Waals surface area (Å²) in [6.45, 7) is 1.26. The van der Waals surface area contributed by atoms with Gasteiger partial charge >= 0.3 is 0 Å². The molecule has 0 atom stereocenters. The van der Waals surface area contributed by atoms with Crippen molar-refractivity contribution in [2.75, 3.05) is 6.54 Å². The molecule has 0 saturated heterocycles. The minimum atomic E-state index is -0.908. The van der Waals surface area contributed by atoms with Gasteiger partial charge in [0.2, 0.25) is 5.91 Å². The highest BCUT2D eigenvalue weighted by Crippen LogP contribution is 2.22. The number of unbranched alkanes of at least 4 members (excludes halogenated alkanes) is 2. The normalized spacial score (nSPS) is 11.0. The van der Waals surface area contributed by atoms with Gasteiger partial charge in [0, 0.05) is 55.8 Å². The number of nitrogens with zero attached hydrogens (tertiary/aromatic N) is 4. The van der Waals surface area contributed by atoms with Gasteiger partial charge in [-0.25, -0.2) is 18.7 Å². The number of aryl methyl sites for hydroxylation is 2. The third kappa shape index (κ3) is 9.89. The largest absolute Gasteiger partial charge is 0.356 e. The minimum absolute atomic E-state index is 0.0539. The Morgan fingerprint density at radius 3 is 2.49 bits per heavy atom. The molecule has 2 heterocycles. The van der Waals surface area contributed by atoms with Crippen molar-refractivity contribution in [3.8, 4) is 0 Å². The number of hydrogen-bond acceptors (Lipinski definition) is 6. The van der Waals surface area contributed by atoms with Crippen molar-refractivity contribution in [3.63, 3.8) is 0 Å². The average molecular weight is 578 g/mol. The van der Waals surface area contributed by atoms with E-state index in [1.165, 1.54) is 29.7 Å². The van der Waals surface area contributed by atoms with Crippen LogP contribution in [0.1, 0.15) is 54.4 Å². The molecule has 2 aromatic carbocycles. The fraction of sp³-hybridized carbons (Fsp3) is 0.323. The van der Waals surface area contributed by atoms with Gasteiger partial charge in [-0.05, 0) is 54.5 Å². The van der Waals surface area contributed by atoms with Gasteiger partial charge in [0.1, 0.15) is 6.33 Å². The highest BCUT2D eigenvalue weighted by Gasteiger charge is 2.12. The molecule has 7 nitrogen and oxygen atoms in total. The summed E-state index contributed by atoms with van der Waals surface area (Å²) in [5, 5.41) is 3.50. The molecule has 4 rings (SSSR count). The summed E-state index contributed by atoms with van der Waals surface area (Å²) in [6.07, 6.45) is 11.6. The molecule has 1 N–H and O–H groups in total. The highest BCUT2D eigenvalue weighted by molar-refractivity contribution is 7.98. The van der Waals surface area contributed by atoms with E-state index in [2.05, 4.69) is 32.4 Å². The van der Waals surface area contributed by atoms with Crippen LogP contribution in [0.3, 0.4) is 0 Å². The summed E-state index contributed by atoms with van der Waals surface area (Å²) in [6, 6.07) is 14.0. The zero-order valence-electron chi connectivity index (χ0n) is 22.8. The van der Waals surface area contributed by atoms with Gasteiger partial charge in [0.05, 0.1) is 0 Å². The first-order chi connectivity index (χ1) is 20.0. The summed E-state index contributed by atoms with van der Waals surface area (Å²) in [7, 11) is 0. The first kappa shape index (κ1) is 30.0. The van der Waals surface area contributed by atoms with E-state index in [0.29, 0.717) is 48.0 Å². The molecule has 214 valence electrons. The molecule has 0 aliphatic carbocycles. The molecule has 0 saturated carbocycles. The molecule has 0 spiro atoms. The fourth-order valence-electron chi connectivity index (χ4n) is 4.33. The van der Waals surface area contributed by atoms with Crippen LogP contribution in [-0.2, 0) is 29.9 Å². The fourth-order valence-corrected chi connectivity index (χ4v) is 5.27. The van der Waals surface area contributed by atoms with Crippen molar-refractivity contribution in [2.45, 2.75) is 62.4 Å². The molecule has 0 aliphatic heterocycles. The molecule has 0 aliphatic rings. The molecule has 41 heavy (non-hydrogen) atoms. The number of thioether (sulfide) groups is 1.